The van der Waals surface area contributed by atoms with Crippen LogP contribution in [0.25, 0.3) is 0 Å². The van der Waals surface area contributed by atoms with Gasteiger partial charge in [0.25, 0.3) is 5.08 Å². The minimum Gasteiger partial charge on any atom is -0.393 e. The molecule has 0 radical (unpaired) electrons. The molecule has 1 aromatic carbocycles. The van der Waals surface area contributed by atoms with E-state index in [0.29, 0.717) is 12.2 Å². The van der Waals surface area contributed by atoms with Crippen LogP contribution in [0, 0.1) is 0 Å². The highest BCUT2D eigenvalue weighted by molar-refractivity contribution is 7.99. The number of rotatable bonds is 14. The molecule has 30 heavy (non-hydrogen) atoms. The molecule has 0 saturated carbocycles. The predicted octanol–water partition coefficient (Wildman–Crippen LogP) is 6.76. The molecule has 0 fully saturated rings. The van der Waals surface area contributed by atoms with E-state index in [1.165, 1.54) is 33.3 Å². The van der Waals surface area contributed by atoms with Crippen molar-refractivity contribution in [1.82, 2.24) is 0 Å². The molecule has 1 rings (SSSR count). The second-order valence-corrected chi connectivity index (χ2v) is 19.0. The van der Waals surface area contributed by atoms with Crippen molar-refractivity contribution >= 4 is 47.0 Å². The van der Waals surface area contributed by atoms with Crippen LogP contribution >= 0.6 is 38.7 Å². The highest BCUT2D eigenvalue weighted by atomic mass is 32.2. The number of thioether (sulfide) groups is 2. The van der Waals surface area contributed by atoms with Gasteiger partial charge in [0.05, 0.1) is 0 Å². The highest BCUT2D eigenvalue weighted by Gasteiger charge is 2.66. The molecule has 0 heterocycles. The van der Waals surface area contributed by atoms with Gasteiger partial charge in [0.2, 0.25) is 0 Å². The Morgan fingerprint density at radius 1 is 0.867 bits per heavy atom. The van der Waals surface area contributed by atoms with Gasteiger partial charge < -0.3 is 22.5 Å². The average Bonchev–Trinajstić information content (AvgIpc) is 2.74. The molecule has 0 aliphatic carbocycles. The summed E-state index contributed by atoms with van der Waals surface area (Å²) in [6.07, 6.45) is 2.70. The molecule has 0 spiro atoms. The summed E-state index contributed by atoms with van der Waals surface area (Å²) in [5.41, 5.74) is 0. The van der Waals surface area contributed by atoms with Gasteiger partial charge in [0, 0.05) is 38.2 Å². The van der Waals surface area contributed by atoms with Crippen LogP contribution in [0.15, 0.2) is 34.1 Å². The second kappa shape index (κ2) is 12.0. The first kappa shape index (κ1) is 28.4. The van der Waals surface area contributed by atoms with E-state index in [2.05, 4.69) is 24.3 Å². The quantitative estimate of drug-likeness (QED) is 0.115. The predicted molar refractivity (Wildman–Crippen MR) is 129 cm³/mol. The molecular weight excluding hydrogens is 482 g/mol. The fraction of sp³-hybridized carbons (Fsp3) is 0.667. The molecule has 174 valence electrons. The van der Waals surface area contributed by atoms with Crippen LogP contribution in [0.5, 0.6) is 0 Å². The Balaban J connectivity index is 3.20. The summed E-state index contributed by atoms with van der Waals surface area (Å²) in [7, 11) is -5.39. The number of hydrogen-bond donors (Lipinski definition) is 0. The smallest absolute Gasteiger partial charge is 0.373 e. The fourth-order valence-corrected chi connectivity index (χ4v) is 12.3. The van der Waals surface area contributed by atoms with Crippen LogP contribution in [0.3, 0.4) is 0 Å². The van der Waals surface area contributed by atoms with Crippen LogP contribution < -0.4 is 0 Å². The Bertz CT molecular complexity index is 714. The zero-order valence-electron chi connectivity index (χ0n) is 19.0. The molecule has 0 N–H and O–H groups in total. The Morgan fingerprint density at radius 2 is 1.30 bits per heavy atom. The van der Waals surface area contributed by atoms with Crippen molar-refractivity contribution in [3.05, 3.63) is 24.3 Å². The van der Waals surface area contributed by atoms with E-state index in [0.717, 1.165) is 4.90 Å². The zero-order chi connectivity index (χ0) is 23.1. The third-order valence-corrected chi connectivity index (χ3v) is 13.1. The van der Waals surface area contributed by atoms with Gasteiger partial charge in [-0.1, -0.05) is 0 Å². The summed E-state index contributed by atoms with van der Waals surface area (Å²) in [5, 5.41) is -1.85. The highest BCUT2D eigenvalue weighted by Crippen LogP contribution is 2.79. The molecule has 0 atom stereocenters. The van der Waals surface area contributed by atoms with Crippen molar-refractivity contribution in [3.8, 4) is 0 Å². The molecule has 0 saturated heterocycles. The molecule has 0 bridgehead atoms. The van der Waals surface area contributed by atoms with Crippen molar-refractivity contribution in [2.45, 2.75) is 47.4 Å². The molecule has 0 amide bonds. The van der Waals surface area contributed by atoms with Crippen LogP contribution in [-0.4, -0.2) is 53.8 Å². The minimum atomic E-state index is -4.01. The lowest BCUT2D eigenvalue weighted by atomic mass is 10.3. The van der Waals surface area contributed by atoms with E-state index in [1.807, 2.05) is 25.9 Å². The third-order valence-electron chi connectivity index (χ3n) is 4.26. The summed E-state index contributed by atoms with van der Waals surface area (Å²) < 4.78 is 54.7. The molecular formula is C18H34O7P2S2Si. The summed E-state index contributed by atoms with van der Waals surface area (Å²) >= 11 is 3.34. The molecule has 0 aliphatic rings. The minimum absolute atomic E-state index is 0.130. The molecule has 0 aliphatic heterocycles. The average molecular weight is 517 g/mol. The Morgan fingerprint density at radius 3 is 1.67 bits per heavy atom. The van der Waals surface area contributed by atoms with E-state index in [4.69, 9.17) is 22.5 Å². The molecule has 1 aromatic rings. The van der Waals surface area contributed by atoms with Crippen LogP contribution in [0.1, 0.15) is 12.8 Å². The van der Waals surface area contributed by atoms with Gasteiger partial charge in [0.15, 0.2) is 8.32 Å². The van der Waals surface area contributed by atoms with Gasteiger partial charge in [-0.2, -0.15) is 0 Å². The Hall–Kier alpha value is 0.397. The normalized spacial score (nSPS) is 13.6. The summed E-state index contributed by atoms with van der Waals surface area (Å²) in [5.74, 6) is 0.691. The van der Waals surface area contributed by atoms with E-state index in [9.17, 15) is 9.13 Å². The maximum absolute atomic E-state index is 13.7. The van der Waals surface area contributed by atoms with Crippen LogP contribution in [0.2, 0.25) is 19.6 Å². The lowest BCUT2D eigenvalue weighted by molar-refractivity contribution is 0.109. The number of hydrogen-bond acceptors (Lipinski definition) is 9. The summed E-state index contributed by atoms with van der Waals surface area (Å²) in [4.78, 5) is 2.32. The van der Waals surface area contributed by atoms with Crippen LogP contribution in [0.4, 0.5) is 0 Å². The maximum Gasteiger partial charge on any atom is 0.373 e. The number of benzene rings is 1. The van der Waals surface area contributed by atoms with E-state index in [1.54, 1.807) is 23.5 Å². The Kier molecular flexibility index (Phi) is 11.4. The van der Waals surface area contributed by atoms with E-state index < -0.39 is 28.6 Å². The first-order chi connectivity index (χ1) is 14.0. The van der Waals surface area contributed by atoms with E-state index >= 15 is 0 Å². The van der Waals surface area contributed by atoms with Gasteiger partial charge >= 0.3 is 15.2 Å². The summed E-state index contributed by atoms with van der Waals surface area (Å²) in [6.45, 7) is 5.74. The van der Waals surface area contributed by atoms with Crippen molar-refractivity contribution in [1.29, 1.82) is 0 Å². The second-order valence-electron chi connectivity index (χ2n) is 7.31. The maximum atomic E-state index is 13.7. The van der Waals surface area contributed by atoms with Crippen molar-refractivity contribution in [2.24, 2.45) is 0 Å². The molecule has 0 aromatic heterocycles. The van der Waals surface area contributed by atoms with Gasteiger partial charge in [-0.25, -0.2) is 0 Å². The van der Waals surface area contributed by atoms with Gasteiger partial charge in [-0.3, -0.25) is 9.13 Å². The lowest BCUT2D eigenvalue weighted by Gasteiger charge is -2.43. The zero-order valence-corrected chi connectivity index (χ0v) is 23.4. The standard InChI is InChI=1S/C18H34O7P2S2Si/c1-21-26(19,22-2)18(25-30(6,7)8,27(20,23-3)24-4)14-9-15-29-17-12-10-16(28-5)11-13-17/h10-13H,9,14-15H2,1-8H3. The van der Waals surface area contributed by atoms with Crippen LogP contribution in [-0.2, 0) is 31.7 Å². The summed E-state index contributed by atoms with van der Waals surface area (Å²) in [6, 6.07) is 8.26. The monoisotopic (exact) mass is 516 g/mol. The molecule has 12 heteroatoms. The van der Waals surface area contributed by atoms with Crippen molar-refractivity contribution < 1.29 is 31.7 Å². The Labute approximate surface area is 190 Å². The lowest BCUT2D eigenvalue weighted by Crippen LogP contribution is -2.44. The largest absolute Gasteiger partial charge is 0.393 e. The van der Waals surface area contributed by atoms with Crippen molar-refractivity contribution in [3.63, 3.8) is 0 Å². The first-order valence-corrected chi connectivity index (χ1v) is 18.1. The topological polar surface area (TPSA) is 80.3 Å². The fourth-order valence-electron chi connectivity index (χ4n) is 2.96. The molecule has 0 unspecified atom stereocenters. The first-order valence-electron chi connectivity index (χ1n) is 9.36. The van der Waals surface area contributed by atoms with Crippen molar-refractivity contribution in [2.75, 3.05) is 40.4 Å². The SMILES string of the molecule is COP(=O)(OC)C(CCCSc1ccc(SC)cc1)(O[Si](C)(C)C)P(=O)(OC)OC. The third kappa shape index (κ3) is 6.70. The van der Waals surface area contributed by atoms with Gasteiger partial charge in [-0.15, -0.1) is 23.5 Å². The van der Waals surface area contributed by atoms with Gasteiger partial charge in [0.1, 0.15) is 0 Å². The van der Waals surface area contributed by atoms with E-state index in [-0.39, 0.29) is 6.42 Å². The van der Waals surface area contributed by atoms with Gasteiger partial charge in [-0.05, 0) is 68.8 Å². The molecule has 7 nitrogen and oxygen atoms in total.